The maximum absolute atomic E-state index is 12.3. The van der Waals surface area contributed by atoms with Crippen LogP contribution in [0.3, 0.4) is 0 Å². The van der Waals surface area contributed by atoms with Crippen LogP contribution in [0.15, 0.2) is 41.8 Å². The molecular formula is C16H17NO4S. The molecule has 1 heterocycles. The van der Waals surface area contributed by atoms with Crippen molar-refractivity contribution in [1.29, 1.82) is 0 Å². The largest absolute Gasteiger partial charge is 0.494 e. The van der Waals surface area contributed by atoms with Crippen molar-refractivity contribution >= 4 is 23.2 Å². The van der Waals surface area contributed by atoms with Gasteiger partial charge in [-0.3, -0.25) is 9.59 Å². The third kappa shape index (κ3) is 4.33. The second kappa shape index (κ2) is 7.61. The summed E-state index contributed by atoms with van der Waals surface area (Å²) < 4.78 is 5.33. The topological polar surface area (TPSA) is 75.6 Å². The van der Waals surface area contributed by atoms with E-state index in [1.165, 1.54) is 11.3 Å². The Balaban J connectivity index is 2.08. The number of carbonyl (C=O) groups excluding carboxylic acids is 1. The fraction of sp³-hybridized carbons (Fsp3) is 0.250. The quantitative estimate of drug-likeness (QED) is 0.822. The number of ether oxygens (including phenoxy) is 1. The summed E-state index contributed by atoms with van der Waals surface area (Å²) in [6.45, 7) is 2.45. The minimum absolute atomic E-state index is 0.150. The highest BCUT2D eigenvalue weighted by atomic mass is 32.1. The van der Waals surface area contributed by atoms with Gasteiger partial charge < -0.3 is 15.2 Å². The first-order chi connectivity index (χ1) is 10.6. The summed E-state index contributed by atoms with van der Waals surface area (Å²) >= 11 is 1.42. The smallest absolute Gasteiger partial charge is 0.305 e. The predicted molar refractivity (Wildman–Crippen MR) is 84.4 cm³/mol. The number of nitrogens with one attached hydrogen (secondary N) is 1. The highest BCUT2D eigenvalue weighted by molar-refractivity contribution is 7.10. The second-order valence-electron chi connectivity index (χ2n) is 4.60. The number of hydrogen-bond donors (Lipinski definition) is 2. The number of hydrogen-bond acceptors (Lipinski definition) is 4. The monoisotopic (exact) mass is 319 g/mol. The molecule has 0 bridgehead atoms. The first-order valence-electron chi connectivity index (χ1n) is 6.89. The molecule has 22 heavy (non-hydrogen) atoms. The van der Waals surface area contributed by atoms with Crippen LogP contribution in [-0.2, 0) is 4.79 Å². The molecule has 2 rings (SSSR count). The summed E-state index contributed by atoms with van der Waals surface area (Å²) in [4.78, 5) is 24.1. The van der Waals surface area contributed by atoms with Gasteiger partial charge in [0.2, 0.25) is 0 Å². The van der Waals surface area contributed by atoms with Gasteiger partial charge in [-0.2, -0.15) is 0 Å². The van der Waals surface area contributed by atoms with E-state index < -0.39 is 12.0 Å². The van der Waals surface area contributed by atoms with Crippen LogP contribution in [0.4, 0.5) is 0 Å². The minimum Gasteiger partial charge on any atom is -0.494 e. The Morgan fingerprint density at radius 1 is 1.27 bits per heavy atom. The summed E-state index contributed by atoms with van der Waals surface area (Å²) in [7, 11) is 0. The van der Waals surface area contributed by atoms with Crippen LogP contribution >= 0.6 is 11.3 Å². The summed E-state index contributed by atoms with van der Waals surface area (Å²) in [6.07, 6.45) is -0.150. The predicted octanol–water partition coefficient (Wildman–Crippen LogP) is 3.09. The molecule has 0 aliphatic carbocycles. The van der Waals surface area contributed by atoms with E-state index in [1.54, 1.807) is 24.3 Å². The van der Waals surface area contributed by atoms with Crippen LogP contribution in [0.5, 0.6) is 5.75 Å². The molecule has 0 saturated heterocycles. The number of carboxylic acids is 1. The molecule has 1 aromatic carbocycles. The number of carbonyl (C=O) groups is 2. The van der Waals surface area contributed by atoms with Gasteiger partial charge >= 0.3 is 5.97 Å². The first kappa shape index (κ1) is 16.0. The number of rotatable bonds is 7. The fourth-order valence-electron chi connectivity index (χ4n) is 2.00. The Morgan fingerprint density at radius 2 is 2.00 bits per heavy atom. The zero-order chi connectivity index (χ0) is 15.9. The molecule has 0 aliphatic rings. The molecule has 0 radical (unpaired) electrons. The number of aliphatic carboxylic acids is 1. The Labute approximate surface area is 132 Å². The zero-order valence-electron chi connectivity index (χ0n) is 12.1. The Kier molecular flexibility index (Phi) is 5.55. The van der Waals surface area contributed by atoms with Gasteiger partial charge in [-0.1, -0.05) is 6.07 Å². The van der Waals surface area contributed by atoms with E-state index in [4.69, 9.17) is 9.84 Å². The third-order valence-electron chi connectivity index (χ3n) is 3.00. The van der Waals surface area contributed by atoms with Gasteiger partial charge in [-0.15, -0.1) is 11.3 Å². The fourth-order valence-corrected chi connectivity index (χ4v) is 2.78. The van der Waals surface area contributed by atoms with Crippen LogP contribution in [0.25, 0.3) is 0 Å². The van der Waals surface area contributed by atoms with Gasteiger partial charge in [0.1, 0.15) is 5.75 Å². The summed E-state index contributed by atoms with van der Waals surface area (Å²) in [5.41, 5.74) is 0.468. The van der Waals surface area contributed by atoms with Crippen molar-refractivity contribution in [2.24, 2.45) is 0 Å². The molecule has 0 aliphatic heterocycles. The number of carboxylic acid groups (broad SMARTS) is 1. The van der Waals surface area contributed by atoms with Crippen LogP contribution < -0.4 is 10.1 Å². The minimum atomic E-state index is -0.953. The molecule has 116 valence electrons. The van der Waals surface area contributed by atoms with Crippen LogP contribution in [0.2, 0.25) is 0 Å². The maximum Gasteiger partial charge on any atom is 0.305 e. The van der Waals surface area contributed by atoms with Crippen molar-refractivity contribution in [1.82, 2.24) is 5.32 Å². The van der Waals surface area contributed by atoms with Gasteiger partial charge in [0.05, 0.1) is 19.1 Å². The molecule has 0 spiro atoms. The zero-order valence-corrected chi connectivity index (χ0v) is 12.9. The van der Waals surface area contributed by atoms with Crippen molar-refractivity contribution < 1.29 is 19.4 Å². The van der Waals surface area contributed by atoms with E-state index >= 15 is 0 Å². The molecule has 1 aromatic heterocycles. The number of amides is 1. The lowest BCUT2D eigenvalue weighted by atomic mass is 10.1. The van der Waals surface area contributed by atoms with Gasteiger partial charge in [-0.25, -0.2) is 0 Å². The second-order valence-corrected chi connectivity index (χ2v) is 5.58. The lowest BCUT2D eigenvalue weighted by Gasteiger charge is -2.15. The molecule has 2 N–H and O–H groups in total. The Hall–Kier alpha value is -2.34. The molecular weight excluding hydrogens is 302 g/mol. The van der Waals surface area contributed by atoms with Crippen LogP contribution in [-0.4, -0.2) is 23.6 Å². The van der Waals surface area contributed by atoms with Crippen LogP contribution in [0.1, 0.15) is 34.6 Å². The van der Waals surface area contributed by atoms with Crippen molar-refractivity contribution in [3.63, 3.8) is 0 Å². The highest BCUT2D eigenvalue weighted by Gasteiger charge is 2.19. The van der Waals surface area contributed by atoms with E-state index in [1.807, 2.05) is 24.4 Å². The Bertz CT molecular complexity index is 622. The van der Waals surface area contributed by atoms with Crippen molar-refractivity contribution in [2.75, 3.05) is 6.61 Å². The number of benzene rings is 1. The third-order valence-corrected chi connectivity index (χ3v) is 3.98. The van der Waals surface area contributed by atoms with E-state index in [-0.39, 0.29) is 12.3 Å². The summed E-state index contributed by atoms with van der Waals surface area (Å²) in [5.74, 6) is -0.563. The summed E-state index contributed by atoms with van der Waals surface area (Å²) in [6, 6.07) is 9.87. The van der Waals surface area contributed by atoms with Crippen molar-refractivity contribution in [2.45, 2.75) is 19.4 Å². The average Bonchev–Trinajstić information content (AvgIpc) is 3.01. The lowest BCUT2D eigenvalue weighted by molar-refractivity contribution is -0.137. The molecule has 1 amide bonds. The normalized spacial score (nSPS) is 11.7. The lowest BCUT2D eigenvalue weighted by Crippen LogP contribution is -2.29. The van der Waals surface area contributed by atoms with E-state index in [0.717, 1.165) is 4.88 Å². The van der Waals surface area contributed by atoms with Crippen LogP contribution in [0, 0.1) is 0 Å². The molecule has 6 heteroatoms. The highest BCUT2D eigenvalue weighted by Crippen LogP contribution is 2.23. The molecule has 0 fully saturated rings. The molecule has 0 saturated carbocycles. The number of thiophene rings is 1. The van der Waals surface area contributed by atoms with E-state index in [0.29, 0.717) is 17.9 Å². The molecule has 2 aromatic rings. The summed E-state index contributed by atoms with van der Waals surface area (Å²) in [5, 5.41) is 13.6. The van der Waals surface area contributed by atoms with Crippen molar-refractivity contribution in [3.8, 4) is 5.75 Å². The van der Waals surface area contributed by atoms with E-state index in [9.17, 15) is 9.59 Å². The Morgan fingerprint density at radius 3 is 2.55 bits per heavy atom. The maximum atomic E-state index is 12.3. The first-order valence-corrected chi connectivity index (χ1v) is 7.77. The van der Waals surface area contributed by atoms with Gasteiger partial charge in [-0.05, 0) is 42.6 Å². The standard InChI is InChI=1S/C16H17NO4S/c1-2-21-12-7-5-11(6-8-12)16(20)17-13(10-15(18)19)14-4-3-9-22-14/h3-9,13H,2,10H2,1H3,(H,17,20)(H,18,19)/t13-/m0/s1. The molecule has 0 unspecified atom stereocenters. The molecule has 5 nitrogen and oxygen atoms in total. The SMILES string of the molecule is CCOc1ccc(C(=O)N[C@@H](CC(=O)O)c2cccs2)cc1. The van der Waals surface area contributed by atoms with Gasteiger partial charge in [0.15, 0.2) is 0 Å². The molecule has 1 atom stereocenters. The van der Waals surface area contributed by atoms with Gasteiger partial charge in [0.25, 0.3) is 5.91 Å². The van der Waals surface area contributed by atoms with E-state index in [2.05, 4.69) is 5.32 Å². The average molecular weight is 319 g/mol. The van der Waals surface area contributed by atoms with Gasteiger partial charge in [0, 0.05) is 10.4 Å². The van der Waals surface area contributed by atoms with Crippen molar-refractivity contribution in [3.05, 3.63) is 52.2 Å².